The van der Waals surface area contributed by atoms with E-state index in [0.29, 0.717) is 5.02 Å². The summed E-state index contributed by atoms with van der Waals surface area (Å²) in [6.07, 6.45) is 2.51. The first-order valence-electron chi connectivity index (χ1n) is 8.97. The molecule has 0 spiro atoms. The maximum Gasteiger partial charge on any atom is 0.322 e. The molecule has 1 amide bonds. The van der Waals surface area contributed by atoms with Gasteiger partial charge in [-0.3, -0.25) is 9.59 Å². The summed E-state index contributed by atoms with van der Waals surface area (Å²) in [6.45, 7) is 0.602. The Bertz CT molecular complexity index is 909. The van der Waals surface area contributed by atoms with Crippen LogP contribution in [0.5, 0.6) is 5.75 Å². The molecule has 0 radical (unpaired) electrons. The number of carbonyl (C=O) groups is 2. The molecular weight excluding hydrogens is 439 g/mol. The highest BCUT2D eigenvalue weighted by Crippen LogP contribution is 2.35. The van der Waals surface area contributed by atoms with Gasteiger partial charge in [0.2, 0.25) is 0 Å². The number of hydrogen-bond donors (Lipinski definition) is 3. The molecule has 0 heterocycles. The fraction of sp³-hybridized carbons (Fsp3) is 0.300. The number of carboxylic acid groups (broad SMARTS) is 1. The van der Waals surface area contributed by atoms with Crippen molar-refractivity contribution in [2.75, 3.05) is 18.4 Å². The fourth-order valence-corrected chi connectivity index (χ4v) is 3.52. The normalized spacial score (nSPS) is 13.1. The highest BCUT2D eigenvalue weighted by Gasteiger charge is 2.20. The summed E-state index contributed by atoms with van der Waals surface area (Å²) in [7, 11) is 0. The van der Waals surface area contributed by atoms with Crippen LogP contribution in [0.3, 0.4) is 0 Å². The largest absolute Gasteiger partial charge is 0.486 e. The van der Waals surface area contributed by atoms with Crippen LogP contribution in [0.4, 0.5) is 5.69 Å². The number of carbonyl (C=O) groups excluding carboxylic acids is 1. The van der Waals surface area contributed by atoms with Crippen LogP contribution in [0, 0.1) is 5.92 Å². The summed E-state index contributed by atoms with van der Waals surface area (Å²) in [5.41, 5.74) is 1.90. The Hall–Kier alpha value is -2.15. The van der Waals surface area contributed by atoms with Crippen LogP contribution >= 0.6 is 34.8 Å². The number of halogens is 3. The second kappa shape index (κ2) is 9.57. The average Bonchev–Trinajstić information content (AvgIpc) is 3.47. The number of amides is 1. The maximum absolute atomic E-state index is 12.0. The predicted molar refractivity (Wildman–Crippen MR) is 113 cm³/mol. The standard InChI is InChI=1S/C20H19Cl3N2O4/c21-14-3-12(4-15(7-14)24-8-11-1-2-11)10-29-19-16(22)5-13(6-17(19)23)20(28)25-9-18(26)27/h3-7,11,24H,1-2,8-10H2,(H,25,28)(H,26,27). The van der Waals surface area contributed by atoms with Crippen molar-refractivity contribution in [1.29, 1.82) is 0 Å². The molecule has 154 valence electrons. The number of nitrogens with one attached hydrogen (secondary N) is 2. The molecule has 0 unspecified atom stereocenters. The van der Waals surface area contributed by atoms with Crippen LogP contribution in [-0.4, -0.2) is 30.1 Å². The summed E-state index contributed by atoms with van der Waals surface area (Å²) in [5.74, 6) is -0.778. The number of rotatable bonds is 9. The Balaban J connectivity index is 1.67. The first kappa shape index (κ1) is 21.6. The van der Waals surface area contributed by atoms with Crippen molar-refractivity contribution in [3.63, 3.8) is 0 Å². The SMILES string of the molecule is O=C(O)CNC(=O)c1cc(Cl)c(OCc2cc(Cl)cc(NCC3CC3)c2)c(Cl)c1. The maximum atomic E-state index is 12.0. The summed E-state index contributed by atoms with van der Waals surface area (Å²) in [5, 5.41) is 15.1. The first-order chi connectivity index (χ1) is 13.8. The van der Waals surface area contributed by atoms with E-state index in [2.05, 4.69) is 10.6 Å². The van der Waals surface area contributed by atoms with E-state index in [1.54, 1.807) is 6.07 Å². The molecule has 2 aromatic rings. The molecule has 9 heteroatoms. The van der Waals surface area contributed by atoms with E-state index in [1.165, 1.54) is 25.0 Å². The van der Waals surface area contributed by atoms with Gasteiger partial charge >= 0.3 is 5.97 Å². The van der Waals surface area contributed by atoms with Gasteiger partial charge in [0.15, 0.2) is 5.75 Å². The molecule has 6 nitrogen and oxygen atoms in total. The van der Waals surface area contributed by atoms with Gasteiger partial charge in [-0.15, -0.1) is 0 Å². The fourth-order valence-electron chi connectivity index (χ4n) is 2.66. The molecule has 1 saturated carbocycles. The van der Waals surface area contributed by atoms with Crippen molar-refractivity contribution in [2.24, 2.45) is 5.92 Å². The van der Waals surface area contributed by atoms with E-state index in [4.69, 9.17) is 44.6 Å². The van der Waals surface area contributed by atoms with Crippen LogP contribution in [0.25, 0.3) is 0 Å². The van der Waals surface area contributed by atoms with Gasteiger partial charge < -0.3 is 20.5 Å². The van der Waals surface area contributed by atoms with Gasteiger partial charge in [0.1, 0.15) is 13.2 Å². The smallest absolute Gasteiger partial charge is 0.322 e. The van der Waals surface area contributed by atoms with Crippen molar-refractivity contribution in [1.82, 2.24) is 5.32 Å². The highest BCUT2D eigenvalue weighted by molar-refractivity contribution is 6.37. The lowest BCUT2D eigenvalue weighted by Crippen LogP contribution is -2.29. The zero-order valence-corrected chi connectivity index (χ0v) is 17.6. The number of carboxylic acids is 1. The Labute approximate surface area is 183 Å². The molecule has 1 aliphatic carbocycles. The monoisotopic (exact) mass is 456 g/mol. The second-order valence-electron chi connectivity index (χ2n) is 6.81. The molecule has 2 aromatic carbocycles. The Morgan fingerprint density at radius 2 is 1.76 bits per heavy atom. The first-order valence-corrected chi connectivity index (χ1v) is 10.1. The lowest BCUT2D eigenvalue weighted by atomic mass is 10.2. The van der Waals surface area contributed by atoms with E-state index >= 15 is 0 Å². The zero-order valence-electron chi connectivity index (χ0n) is 15.3. The Morgan fingerprint density at radius 3 is 2.38 bits per heavy atom. The molecule has 0 aromatic heterocycles. The minimum Gasteiger partial charge on any atom is -0.486 e. The molecule has 1 aliphatic rings. The molecule has 29 heavy (non-hydrogen) atoms. The summed E-state index contributed by atoms with van der Waals surface area (Å²) in [6, 6.07) is 8.35. The van der Waals surface area contributed by atoms with Crippen molar-refractivity contribution in [2.45, 2.75) is 19.4 Å². The zero-order chi connectivity index (χ0) is 21.0. The lowest BCUT2D eigenvalue weighted by molar-refractivity contribution is -0.135. The number of benzene rings is 2. The van der Waals surface area contributed by atoms with Crippen molar-refractivity contribution in [3.8, 4) is 5.75 Å². The minimum atomic E-state index is -1.15. The van der Waals surface area contributed by atoms with Crippen LogP contribution in [0.15, 0.2) is 30.3 Å². The summed E-state index contributed by atoms with van der Waals surface area (Å²) >= 11 is 18.6. The Kier molecular flexibility index (Phi) is 7.11. The molecule has 3 rings (SSSR count). The van der Waals surface area contributed by atoms with E-state index in [9.17, 15) is 9.59 Å². The van der Waals surface area contributed by atoms with E-state index < -0.39 is 18.4 Å². The Morgan fingerprint density at radius 1 is 1.07 bits per heavy atom. The van der Waals surface area contributed by atoms with Crippen LogP contribution in [0.1, 0.15) is 28.8 Å². The van der Waals surface area contributed by atoms with Gasteiger partial charge in [-0.1, -0.05) is 34.8 Å². The van der Waals surface area contributed by atoms with E-state index in [0.717, 1.165) is 23.7 Å². The van der Waals surface area contributed by atoms with Crippen LogP contribution in [-0.2, 0) is 11.4 Å². The van der Waals surface area contributed by atoms with Crippen molar-refractivity contribution in [3.05, 3.63) is 56.5 Å². The van der Waals surface area contributed by atoms with E-state index in [-0.39, 0.29) is 28.0 Å². The van der Waals surface area contributed by atoms with Gasteiger partial charge in [0, 0.05) is 22.8 Å². The third-order valence-corrected chi connectivity index (χ3v) is 5.07. The molecule has 0 bridgehead atoms. The topological polar surface area (TPSA) is 87.7 Å². The molecular formula is C20H19Cl3N2O4. The molecule has 3 N–H and O–H groups in total. The summed E-state index contributed by atoms with van der Waals surface area (Å²) in [4.78, 5) is 22.5. The second-order valence-corrected chi connectivity index (χ2v) is 8.06. The van der Waals surface area contributed by atoms with Gasteiger partial charge in [-0.25, -0.2) is 0 Å². The number of anilines is 1. The van der Waals surface area contributed by atoms with Gasteiger partial charge in [0.25, 0.3) is 5.91 Å². The number of hydrogen-bond acceptors (Lipinski definition) is 4. The molecule has 0 atom stereocenters. The quantitative estimate of drug-likeness (QED) is 0.500. The van der Waals surface area contributed by atoms with Crippen molar-refractivity contribution >= 4 is 52.4 Å². The predicted octanol–water partition coefficient (Wildman–Crippen LogP) is 4.86. The van der Waals surface area contributed by atoms with Crippen LogP contribution in [0.2, 0.25) is 15.1 Å². The molecule has 0 saturated heterocycles. The minimum absolute atomic E-state index is 0.142. The third-order valence-electron chi connectivity index (χ3n) is 4.29. The third kappa shape index (κ3) is 6.42. The van der Waals surface area contributed by atoms with Crippen LogP contribution < -0.4 is 15.4 Å². The molecule has 1 fully saturated rings. The van der Waals surface area contributed by atoms with Gasteiger partial charge in [-0.05, 0) is 54.7 Å². The number of aliphatic carboxylic acids is 1. The average molecular weight is 458 g/mol. The van der Waals surface area contributed by atoms with Gasteiger partial charge in [-0.2, -0.15) is 0 Å². The highest BCUT2D eigenvalue weighted by atomic mass is 35.5. The number of ether oxygens (including phenoxy) is 1. The van der Waals surface area contributed by atoms with Gasteiger partial charge in [0.05, 0.1) is 10.0 Å². The summed E-state index contributed by atoms with van der Waals surface area (Å²) < 4.78 is 5.76. The lowest BCUT2D eigenvalue weighted by Gasteiger charge is -2.13. The van der Waals surface area contributed by atoms with E-state index in [1.807, 2.05) is 12.1 Å². The molecule has 0 aliphatic heterocycles. The van der Waals surface area contributed by atoms with Crippen molar-refractivity contribution < 1.29 is 19.4 Å².